The van der Waals surface area contributed by atoms with Crippen LogP contribution in [0.3, 0.4) is 0 Å². The number of non-ortho nitro benzene ring substituents is 1. The van der Waals surface area contributed by atoms with Crippen LogP contribution in [0.5, 0.6) is 0 Å². The summed E-state index contributed by atoms with van der Waals surface area (Å²) in [5.41, 5.74) is 6.49. The highest BCUT2D eigenvalue weighted by atomic mass is 16.6. The van der Waals surface area contributed by atoms with E-state index >= 15 is 0 Å². The van der Waals surface area contributed by atoms with Crippen LogP contribution in [0, 0.1) is 10.1 Å². The molecule has 1 heterocycles. The molecule has 6 heteroatoms. The Bertz CT molecular complexity index is 508. The SMILES string of the molecule is CN1CCC(c2cc([N+](=O)[O-])ccc2C(N)=O)CC1. The summed E-state index contributed by atoms with van der Waals surface area (Å²) >= 11 is 0. The van der Waals surface area contributed by atoms with Gasteiger partial charge in [-0.2, -0.15) is 0 Å². The number of carbonyl (C=O) groups excluding carboxylic acids is 1. The van der Waals surface area contributed by atoms with Crippen LogP contribution in [0.4, 0.5) is 5.69 Å². The number of likely N-dealkylation sites (tertiary alicyclic amines) is 1. The van der Waals surface area contributed by atoms with Gasteiger partial charge in [-0.25, -0.2) is 0 Å². The van der Waals surface area contributed by atoms with Gasteiger partial charge < -0.3 is 10.6 Å². The lowest BCUT2D eigenvalue weighted by atomic mass is 9.86. The third-order valence-corrected chi connectivity index (χ3v) is 3.67. The van der Waals surface area contributed by atoms with Gasteiger partial charge in [-0.3, -0.25) is 14.9 Å². The van der Waals surface area contributed by atoms with E-state index in [1.54, 1.807) is 0 Å². The first-order chi connectivity index (χ1) is 8.99. The lowest BCUT2D eigenvalue weighted by Gasteiger charge is -2.29. The standard InChI is InChI=1S/C13H17N3O3/c1-15-6-4-9(5-7-15)12-8-10(16(18)19)2-3-11(12)13(14)17/h2-3,8-9H,4-7H2,1H3,(H2,14,17). The summed E-state index contributed by atoms with van der Waals surface area (Å²) < 4.78 is 0. The molecule has 1 aliphatic heterocycles. The number of nitrogens with zero attached hydrogens (tertiary/aromatic N) is 2. The Morgan fingerprint density at radius 3 is 2.58 bits per heavy atom. The minimum Gasteiger partial charge on any atom is -0.366 e. The molecule has 102 valence electrons. The number of hydrogen-bond donors (Lipinski definition) is 1. The van der Waals surface area contributed by atoms with Crippen molar-refractivity contribution in [1.29, 1.82) is 0 Å². The molecule has 1 saturated heterocycles. The minimum atomic E-state index is -0.524. The van der Waals surface area contributed by atoms with Crippen molar-refractivity contribution in [3.05, 3.63) is 39.4 Å². The van der Waals surface area contributed by atoms with Crippen LogP contribution < -0.4 is 5.73 Å². The molecule has 2 N–H and O–H groups in total. The first-order valence-corrected chi connectivity index (χ1v) is 6.25. The van der Waals surface area contributed by atoms with Gasteiger partial charge in [-0.05, 0) is 50.5 Å². The Labute approximate surface area is 111 Å². The van der Waals surface area contributed by atoms with Crippen LogP contribution in [0.2, 0.25) is 0 Å². The Morgan fingerprint density at radius 2 is 2.05 bits per heavy atom. The number of rotatable bonds is 3. The second kappa shape index (κ2) is 5.36. The highest BCUT2D eigenvalue weighted by Gasteiger charge is 2.24. The zero-order valence-corrected chi connectivity index (χ0v) is 10.8. The predicted molar refractivity (Wildman–Crippen MR) is 71.1 cm³/mol. The number of amides is 1. The second-order valence-corrected chi connectivity index (χ2v) is 4.97. The molecule has 1 amide bonds. The van der Waals surface area contributed by atoms with E-state index in [0.29, 0.717) is 5.56 Å². The molecule has 0 radical (unpaired) electrons. The Hall–Kier alpha value is -1.95. The minimum absolute atomic E-state index is 0.0129. The van der Waals surface area contributed by atoms with Crippen LogP contribution in [0.25, 0.3) is 0 Å². The fraction of sp³-hybridized carbons (Fsp3) is 0.462. The fourth-order valence-corrected chi connectivity index (χ4v) is 2.55. The first-order valence-electron chi connectivity index (χ1n) is 6.25. The lowest BCUT2D eigenvalue weighted by Crippen LogP contribution is -2.30. The van der Waals surface area contributed by atoms with Crippen LogP contribution >= 0.6 is 0 Å². The smallest absolute Gasteiger partial charge is 0.269 e. The number of nitro groups is 1. The number of piperidine rings is 1. The first kappa shape index (κ1) is 13.5. The van der Waals surface area contributed by atoms with Gasteiger partial charge in [0.05, 0.1) is 4.92 Å². The number of hydrogen-bond acceptors (Lipinski definition) is 4. The van der Waals surface area contributed by atoms with Gasteiger partial charge in [-0.1, -0.05) is 0 Å². The molecule has 1 aliphatic rings. The summed E-state index contributed by atoms with van der Waals surface area (Å²) in [6, 6.07) is 4.29. The molecule has 0 spiro atoms. The Balaban J connectivity index is 2.37. The van der Waals surface area contributed by atoms with Crippen molar-refractivity contribution < 1.29 is 9.72 Å². The molecule has 0 bridgehead atoms. The summed E-state index contributed by atoms with van der Waals surface area (Å²) in [5.74, 6) is -0.359. The fourth-order valence-electron chi connectivity index (χ4n) is 2.55. The monoisotopic (exact) mass is 263 g/mol. The maximum absolute atomic E-state index is 11.5. The van der Waals surface area contributed by atoms with E-state index < -0.39 is 10.8 Å². The third kappa shape index (κ3) is 2.90. The van der Waals surface area contributed by atoms with Crippen LogP contribution in [-0.4, -0.2) is 35.9 Å². The van der Waals surface area contributed by atoms with E-state index in [-0.39, 0.29) is 11.6 Å². The molecule has 0 unspecified atom stereocenters. The van der Waals surface area contributed by atoms with Crippen molar-refractivity contribution in [3.63, 3.8) is 0 Å². The van der Waals surface area contributed by atoms with Gasteiger partial charge >= 0.3 is 0 Å². The highest BCUT2D eigenvalue weighted by molar-refractivity contribution is 5.94. The molecule has 1 aromatic rings. The number of nitrogens with two attached hydrogens (primary N) is 1. The van der Waals surface area contributed by atoms with E-state index in [0.717, 1.165) is 31.5 Å². The van der Waals surface area contributed by atoms with Crippen LogP contribution in [0.1, 0.15) is 34.7 Å². The molecule has 1 fully saturated rings. The lowest BCUT2D eigenvalue weighted by molar-refractivity contribution is -0.384. The molecule has 0 atom stereocenters. The molecule has 2 rings (SSSR count). The molecule has 0 aliphatic carbocycles. The molecule has 6 nitrogen and oxygen atoms in total. The average molecular weight is 263 g/mol. The van der Waals surface area contributed by atoms with Crippen molar-refractivity contribution in [2.24, 2.45) is 5.73 Å². The molecular formula is C13H17N3O3. The van der Waals surface area contributed by atoms with Gasteiger partial charge in [0.1, 0.15) is 0 Å². The van der Waals surface area contributed by atoms with Gasteiger partial charge in [0, 0.05) is 17.7 Å². The van der Waals surface area contributed by atoms with Crippen molar-refractivity contribution in [1.82, 2.24) is 4.90 Å². The van der Waals surface area contributed by atoms with Gasteiger partial charge in [0.2, 0.25) is 5.91 Å². The maximum Gasteiger partial charge on any atom is 0.269 e. The van der Waals surface area contributed by atoms with Crippen molar-refractivity contribution in [2.75, 3.05) is 20.1 Å². The molecule has 1 aromatic carbocycles. The zero-order chi connectivity index (χ0) is 14.0. The highest BCUT2D eigenvalue weighted by Crippen LogP contribution is 2.32. The van der Waals surface area contributed by atoms with E-state index in [1.807, 2.05) is 7.05 Å². The number of benzene rings is 1. The van der Waals surface area contributed by atoms with E-state index in [9.17, 15) is 14.9 Å². The largest absolute Gasteiger partial charge is 0.366 e. The molecule has 19 heavy (non-hydrogen) atoms. The van der Waals surface area contributed by atoms with Gasteiger partial charge in [-0.15, -0.1) is 0 Å². The summed E-state index contributed by atoms with van der Waals surface area (Å²) in [4.78, 5) is 24.1. The van der Waals surface area contributed by atoms with Crippen molar-refractivity contribution >= 4 is 11.6 Å². The topological polar surface area (TPSA) is 89.5 Å². The normalized spacial score (nSPS) is 17.3. The second-order valence-electron chi connectivity index (χ2n) is 4.97. The van der Waals surface area contributed by atoms with Crippen LogP contribution in [-0.2, 0) is 0 Å². The number of carbonyl (C=O) groups is 1. The zero-order valence-electron chi connectivity index (χ0n) is 10.8. The number of nitro benzene ring substituents is 1. The molecule has 0 aromatic heterocycles. The van der Waals surface area contributed by atoms with Crippen molar-refractivity contribution in [2.45, 2.75) is 18.8 Å². The summed E-state index contributed by atoms with van der Waals surface area (Å²) in [6.07, 6.45) is 1.77. The Morgan fingerprint density at radius 1 is 1.42 bits per heavy atom. The average Bonchev–Trinajstić information content (AvgIpc) is 2.38. The van der Waals surface area contributed by atoms with E-state index in [1.165, 1.54) is 18.2 Å². The quantitative estimate of drug-likeness (QED) is 0.661. The third-order valence-electron chi connectivity index (χ3n) is 3.67. The van der Waals surface area contributed by atoms with Gasteiger partial charge in [0.25, 0.3) is 5.69 Å². The molecule has 0 saturated carbocycles. The van der Waals surface area contributed by atoms with E-state index in [2.05, 4.69) is 4.90 Å². The predicted octanol–water partition coefficient (Wildman–Crippen LogP) is 1.50. The maximum atomic E-state index is 11.5. The van der Waals surface area contributed by atoms with E-state index in [4.69, 9.17) is 5.73 Å². The van der Waals surface area contributed by atoms with Gasteiger partial charge in [0.15, 0.2) is 0 Å². The van der Waals surface area contributed by atoms with Crippen molar-refractivity contribution in [3.8, 4) is 0 Å². The number of primary amides is 1. The van der Waals surface area contributed by atoms with Crippen LogP contribution in [0.15, 0.2) is 18.2 Å². The summed E-state index contributed by atoms with van der Waals surface area (Å²) in [7, 11) is 2.04. The Kier molecular flexibility index (Phi) is 3.80. The summed E-state index contributed by atoms with van der Waals surface area (Å²) in [5, 5.41) is 10.9. The summed E-state index contributed by atoms with van der Waals surface area (Å²) in [6.45, 7) is 1.84. The molecular weight excluding hydrogens is 246 g/mol.